The Morgan fingerprint density at radius 1 is 1.20 bits per heavy atom. The quantitative estimate of drug-likeness (QED) is 0.545. The van der Waals surface area contributed by atoms with Crippen molar-refractivity contribution in [1.29, 1.82) is 0 Å². The molecule has 0 amide bonds. The molecule has 0 spiro atoms. The third kappa shape index (κ3) is 1.01. The first kappa shape index (κ1) is 8.23. The molecule has 0 aliphatic rings. The van der Waals surface area contributed by atoms with Gasteiger partial charge in [-0.2, -0.15) is 5.10 Å². The van der Waals surface area contributed by atoms with Gasteiger partial charge < -0.3 is 0 Å². The van der Waals surface area contributed by atoms with E-state index in [1.807, 2.05) is 34.7 Å². The maximum Gasteiger partial charge on any atom is 0.290 e. The smallest absolute Gasteiger partial charge is 0.290 e. The molecule has 3 aromatic rings. The standard InChI is InChI=1S/C11H9N3O/c1-13-11(15)10-6-8-4-2-3-5-9(8)14(10)7-12-13/h2-7H,1H3. The first-order valence-corrected chi connectivity index (χ1v) is 4.69. The van der Waals surface area contributed by atoms with E-state index in [1.165, 1.54) is 4.68 Å². The second-order valence-corrected chi connectivity index (χ2v) is 3.52. The van der Waals surface area contributed by atoms with Crippen LogP contribution in [0.25, 0.3) is 16.4 Å². The molecule has 2 heterocycles. The Kier molecular flexibility index (Phi) is 1.48. The Labute approximate surface area is 85.4 Å². The Morgan fingerprint density at radius 2 is 2.00 bits per heavy atom. The number of nitrogens with zero attached hydrogens (tertiary/aromatic N) is 3. The van der Waals surface area contributed by atoms with E-state index in [-0.39, 0.29) is 5.56 Å². The van der Waals surface area contributed by atoms with Gasteiger partial charge in [0.1, 0.15) is 11.8 Å². The highest BCUT2D eigenvalue weighted by molar-refractivity contribution is 5.86. The van der Waals surface area contributed by atoms with Crippen molar-refractivity contribution in [3.63, 3.8) is 0 Å². The third-order valence-corrected chi connectivity index (χ3v) is 2.60. The Morgan fingerprint density at radius 3 is 2.87 bits per heavy atom. The predicted octanol–water partition coefficient (Wildman–Crippen LogP) is 1.19. The van der Waals surface area contributed by atoms with Crippen molar-refractivity contribution in [3.8, 4) is 0 Å². The van der Waals surface area contributed by atoms with E-state index >= 15 is 0 Å². The molecule has 1 aromatic carbocycles. The zero-order valence-electron chi connectivity index (χ0n) is 8.21. The first-order chi connectivity index (χ1) is 7.27. The van der Waals surface area contributed by atoms with Crippen molar-refractivity contribution in [3.05, 3.63) is 47.0 Å². The van der Waals surface area contributed by atoms with Gasteiger partial charge in [0.05, 0.1) is 5.52 Å². The van der Waals surface area contributed by atoms with Gasteiger partial charge in [-0.15, -0.1) is 0 Å². The fourth-order valence-electron chi connectivity index (χ4n) is 1.81. The molecular weight excluding hydrogens is 190 g/mol. The fraction of sp³-hybridized carbons (Fsp3) is 0.0909. The average molecular weight is 199 g/mol. The van der Waals surface area contributed by atoms with Crippen molar-refractivity contribution >= 4 is 16.4 Å². The van der Waals surface area contributed by atoms with Gasteiger partial charge in [-0.25, -0.2) is 4.68 Å². The Bertz CT molecular complexity index is 708. The minimum atomic E-state index is -0.0753. The summed E-state index contributed by atoms with van der Waals surface area (Å²) in [6.07, 6.45) is 1.67. The first-order valence-electron chi connectivity index (χ1n) is 4.69. The van der Waals surface area contributed by atoms with E-state index in [2.05, 4.69) is 5.10 Å². The van der Waals surface area contributed by atoms with Crippen LogP contribution in [0, 0.1) is 0 Å². The zero-order valence-corrected chi connectivity index (χ0v) is 8.21. The Balaban J connectivity index is 2.66. The van der Waals surface area contributed by atoms with Crippen LogP contribution in [-0.2, 0) is 7.05 Å². The van der Waals surface area contributed by atoms with Crippen LogP contribution in [0.3, 0.4) is 0 Å². The molecule has 0 saturated heterocycles. The SMILES string of the molecule is Cn1ncn2c(cc3ccccc32)c1=O. The molecule has 0 bridgehead atoms. The molecule has 0 aliphatic carbocycles. The lowest BCUT2D eigenvalue weighted by atomic mass is 10.2. The minimum absolute atomic E-state index is 0.0753. The molecule has 0 radical (unpaired) electrons. The van der Waals surface area contributed by atoms with Gasteiger partial charge in [-0.1, -0.05) is 18.2 Å². The van der Waals surface area contributed by atoms with Gasteiger partial charge in [0, 0.05) is 12.4 Å². The van der Waals surface area contributed by atoms with E-state index < -0.39 is 0 Å². The van der Waals surface area contributed by atoms with Gasteiger partial charge in [-0.3, -0.25) is 9.20 Å². The molecule has 0 fully saturated rings. The van der Waals surface area contributed by atoms with Gasteiger partial charge >= 0.3 is 0 Å². The monoisotopic (exact) mass is 199 g/mol. The predicted molar refractivity (Wildman–Crippen MR) is 57.9 cm³/mol. The lowest BCUT2D eigenvalue weighted by molar-refractivity contribution is 0.693. The fourth-order valence-corrected chi connectivity index (χ4v) is 1.81. The summed E-state index contributed by atoms with van der Waals surface area (Å²) in [7, 11) is 1.65. The molecule has 0 atom stereocenters. The number of hydrogen-bond donors (Lipinski definition) is 0. The Hall–Kier alpha value is -2.10. The number of rotatable bonds is 0. The molecule has 0 aliphatic heterocycles. The van der Waals surface area contributed by atoms with Gasteiger partial charge in [0.25, 0.3) is 5.56 Å². The largest absolute Gasteiger partial charge is 0.294 e. The van der Waals surface area contributed by atoms with Crippen molar-refractivity contribution in [2.45, 2.75) is 0 Å². The summed E-state index contributed by atoms with van der Waals surface area (Å²) in [4.78, 5) is 11.8. The van der Waals surface area contributed by atoms with Crippen LogP contribution in [0.4, 0.5) is 0 Å². The zero-order chi connectivity index (χ0) is 10.4. The van der Waals surface area contributed by atoms with Crippen LogP contribution in [0.15, 0.2) is 41.5 Å². The highest BCUT2D eigenvalue weighted by atomic mass is 16.1. The van der Waals surface area contributed by atoms with Crippen LogP contribution in [0.2, 0.25) is 0 Å². The van der Waals surface area contributed by atoms with Crippen LogP contribution < -0.4 is 5.56 Å². The van der Waals surface area contributed by atoms with Crippen molar-refractivity contribution in [2.24, 2.45) is 7.05 Å². The molecule has 0 N–H and O–H groups in total. The topological polar surface area (TPSA) is 39.3 Å². The van der Waals surface area contributed by atoms with Gasteiger partial charge in [-0.05, 0) is 12.1 Å². The van der Waals surface area contributed by atoms with Crippen LogP contribution in [0.5, 0.6) is 0 Å². The molecule has 4 nitrogen and oxygen atoms in total. The number of aryl methyl sites for hydroxylation is 1. The number of benzene rings is 1. The summed E-state index contributed by atoms with van der Waals surface area (Å²) in [6, 6.07) is 9.76. The lowest BCUT2D eigenvalue weighted by Gasteiger charge is -1.97. The molecule has 3 rings (SSSR count). The van der Waals surface area contributed by atoms with Crippen LogP contribution in [0.1, 0.15) is 0 Å². The van der Waals surface area contributed by atoms with Crippen molar-refractivity contribution < 1.29 is 0 Å². The number of aromatic nitrogens is 3. The van der Waals surface area contributed by atoms with E-state index in [4.69, 9.17) is 0 Å². The molecule has 0 unspecified atom stereocenters. The third-order valence-electron chi connectivity index (χ3n) is 2.60. The second-order valence-electron chi connectivity index (χ2n) is 3.52. The highest BCUT2D eigenvalue weighted by Gasteiger charge is 2.05. The highest BCUT2D eigenvalue weighted by Crippen LogP contribution is 2.16. The maximum absolute atomic E-state index is 11.8. The van der Waals surface area contributed by atoms with E-state index in [9.17, 15) is 4.79 Å². The lowest BCUT2D eigenvalue weighted by Crippen LogP contribution is -2.20. The van der Waals surface area contributed by atoms with Crippen molar-refractivity contribution in [1.82, 2.24) is 14.2 Å². The summed E-state index contributed by atoms with van der Waals surface area (Å²) in [5.41, 5.74) is 1.60. The summed E-state index contributed by atoms with van der Waals surface area (Å²) < 4.78 is 3.16. The minimum Gasteiger partial charge on any atom is -0.294 e. The van der Waals surface area contributed by atoms with E-state index in [1.54, 1.807) is 13.4 Å². The summed E-state index contributed by atoms with van der Waals surface area (Å²) in [5, 5.41) is 5.05. The molecule has 2 aromatic heterocycles. The molecule has 0 saturated carbocycles. The summed E-state index contributed by atoms with van der Waals surface area (Å²) >= 11 is 0. The molecule has 4 heteroatoms. The van der Waals surface area contributed by atoms with Gasteiger partial charge in [0.15, 0.2) is 0 Å². The second kappa shape index (κ2) is 2.70. The van der Waals surface area contributed by atoms with Crippen LogP contribution >= 0.6 is 0 Å². The number of para-hydroxylation sites is 1. The van der Waals surface area contributed by atoms with E-state index in [0.29, 0.717) is 5.52 Å². The molecular formula is C11H9N3O. The van der Waals surface area contributed by atoms with Crippen LogP contribution in [-0.4, -0.2) is 14.2 Å². The summed E-state index contributed by atoms with van der Waals surface area (Å²) in [5.74, 6) is 0. The average Bonchev–Trinajstić information content (AvgIpc) is 2.63. The summed E-state index contributed by atoms with van der Waals surface area (Å²) in [6.45, 7) is 0. The van der Waals surface area contributed by atoms with Crippen molar-refractivity contribution in [2.75, 3.05) is 0 Å². The van der Waals surface area contributed by atoms with Gasteiger partial charge in [0.2, 0.25) is 0 Å². The number of fused-ring (bicyclic) bond motifs is 3. The normalized spacial score (nSPS) is 11.3. The number of hydrogen-bond acceptors (Lipinski definition) is 2. The molecule has 74 valence electrons. The van der Waals surface area contributed by atoms with E-state index in [0.717, 1.165) is 10.9 Å². The maximum atomic E-state index is 11.8. The molecule has 15 heavy (non-hydrogen) atoms.